The molecule has 0 heterocycles. The number of halogens is 2. The molecule has 0 unspecified atom stereocenters. The third-order valence-electron chi connectivity index (χ3n) is 2.14. The largest absolute Gasteiger partial charge is 0.496 e. The Morgan fingerprint density at radius 3 is 2.65 bits per heavy atom. The maximum absolute atomic E-state index is 5.16. The van der Waals surface area contributed by atoms with Crippen molar-refractivity contribution in [1.29, 1.82) is 0 Å². The van der Waals surface area contributed by atoms with Crippen molar-refractivity contribution < 1.29 is 4.74 Å². The first-order valence-corrected chi connectivity index (χ1v) is 5.71. The van der Waals surface area contributed by atoms with Gasteiger partial charge < -0.3 is 15.4 Å². The third-order valence-corrected chi connectivity index (χ3v) is 2.76. The molecule has 0 aliphatic carbocycles. The Labute approximate surface area is 127 Å². The minimum atomic E-state index is 0. The van der Waals surface area contributed by atoms with Crippen molar-refractivity contribution in [1.82, 2.24) is 10.6 Å². The van der Waals surface area contributed by atoms with E-state index in [1.54, 1.807) is 14.2 Å². The van der Waals surface area contributed by atoms with Gasteiger partial charge in [0, 0.05) is 20.6 Å². The highest BCUT2D eigenvalue weighted by Gasteiger charge is 2.01. The fourth-order valence-corrected chi connectivity index (χ4v) is 1.87. The molecule has 0 saturated heterocycles. The van der Waals surface area contributed by atoms with E-state index in [2.05, 4.69) is 31.6 Å². The van der Waals surface area contributed by atoms with Crippen molar-refractivity contribution in [2.24, 2.45) is 4.99 Å². The SMILES string of the molecule is CN=C(NC)NCc1ccc(OC)c(Br)c1.I. The highest BCUT2D eigenvalue weighted by atomic mass is 127. The van der Waals surface area contributed by atoms with Gasteiger partial charge in [-0.05, 0) is 33.6 Å². The summed E-state index contributed by atoms with van der Waals surface area (Å²) >= 11 is 3.45. The first kappa shape index (κ1) is 16.5. The smallest absolute Gasteiger partial charge is 0.190 e. The summed E-state index contributed by atoms with van der Waals surface area (Å²) in [5.41, 5.74) is 1.16. The van der Waals surface area contributed by atoms with Gasteiger partial charge in [0.2, 0.25) is 0 Å². The molecule has 0 fully saturated rings. The molecule has 0 aliphatic rings. The van der Waals surface area contributed by atoms with Crippen molar-refractivity contribution >= 4 is 45.9 Å². The summed E-state index contributed by atoms with van der Waals surface area (Å²) < 4.78 is 6.12. The van der Waals surface area contributed by atoms with Crippen LogP contribution < -0.4 is 15.4 Å². The average molecular weight is 414 g/mol. The molecule has 0 saturated carbocycles. The maximum Gasteiger partial charge on any atom is 0.190 e. The van der Waals surface area contributed by atoms with Gasteiger partial charge >= 0.3 is 0 Å². The molecule has 0 bridgehead atoms. The Bertz CT molecular complexity index is 385. The van der Waals surface area contributed by atoms with Gasteiger partial charge in [-0.1, -0.05) is 6.07 Å². The van der Waals surface area contributed by atoms with Crippen molar-refractivity contribution in [2.75, 3.05) is 21.2 Å². The normalized spacial score (nSPS) is 10.5. The number of nitrogens with zero attached hydrogens (tertiary/aromatic N) is 1. The molecule has 1 rings (SSSR count). The zero-order chi connectivity index (χ0) is 12.0. The maximum atomic E-state index is 5.16. The number of guanidine groups is 1. The molecule has 0 aliphatic heterocycles. The fraction of sp³-hybridized carbons (Fsp3) is 0.364. The zero-order valence-electron chi connectivity index (χ0n) is 10.1. The van der Waals surface area contributed by atoms with Crippen LogP contribution in [0.5, 0.6) is 5.75 Å². The first-order chi connectivity index (χ1) is 7.71. The van der Waals surface area contributed by atoms with Crippen LogP contribution >= 0.6 is 39.9 Å². The second-order valence-electron chi connectivity index (χ2n) is 3.14. The fourth-order valence-electron chi connectivity index (χ4n) is 1.28. The molecule has 96 valence electrons. The van der Waals surface area contributed by atoms with Crippen molar-refractivity contribution in [3.63, 3.8) is 0 Å². The van der Waals surface area contributed by atoms with E-state index in [4.69, 9.17) is 4.74 Å². The molecule has 0 radical (unpaired) electrons. The van der Waals surface area contributed by atoms with Gasteiger partial charge in [-0.25, -0.2) is 0 Å². The number of nitrogens with one attached hydrogen (secondary N) is 2. The lowest BCUT2D eigenvalue weighted by molar-refractivity contribution is 0.412. The second-order valence-corrected chi connectivity index (χ2v) is 4.00. The Balaban J connectivity index is 0.00000256. The quantitative estimate of drug-likeness (QED) is 0.454. The van der Waals surface area contributed by atoms with E-state index in [9.17, 15) is 0 Å². The standard InChI is InChI=1S/C11H16BrN3O.HI/c1-13-11(14-2)15-7-8-4-5-10(16-3)9(12)6-8;/h4-6H,7H2,1-3H3,(H2,13,14,15);1H. The molecular weight excluding hydrogens is 397 g/mol. The summed E-state index contributed by atoms with van der Waals surface area (Å²) in [6, 6.07) is 5.97. The van der Waals surface area contributed by atoms with Gasteiger partial charge in [0.25, 0.3) is 0 Å². The van der Waals surface area contributed by atoms with Gasteiger partial charge in [0.15, 0.2) is 5.96 Å². The summed E-state index contributed by atoms with van der Waals surface area (Å²) in [5.74, 6) is 1.61. The van der Waals surface area contributed by atoms with E-state index in [1.807, 2.05) is 25.2 Å². The van der Waals surface area contributed by atoms with E-state index in [1.165, 1.54) is 0 Å². The van der Waals surface area contributed by atoms with Crippen molar-refractivity contribution in [3.05, 3.63) is 28.2 Å². The number of ether oxygens (including phenoxy) is 1. The molecule has 17 heavy (non-hydrogen) atoms. The summed E-state index contributed by atoms with van der Waals surface area (Å²) in [6.45, 7) is 0.718. The summed E-state index contributed by atoms with van der Waals surface area (Å²) in [7, 11) is 5.23. The summed E-state index contributed by atoms with van der Waals surface area (Å²) in [4.78, 5) is 4.04. The Morgan fingerprint density at radius 1 is 1.47 bits per heavy atom. The van der Waals surface area contributed by atoms with Crippen molar-refractivity contribution in [3.8, 4) is 5.75 Å². The molecular formula is C11H17BrIN3O. The molecule has 0 amide bonds. The van der Waals surface area contributed by atoms with Gasteiger partial charge in [0.05, 0.1) is 11.6 Å². The molecule has 2 N–H and O–H groups in total. The summed E-state index contributed by atoms with van der Waals surface area (Å²) in [5, 5.41) is 6.14. The lowest BCUT2D eigenvalue weighted by atomic mass is 10.2. The van der Waals surface area contributed by atoms with E-state index in [-0.39, 0.29) is 24.0 Å². The van der Waals surface area contributed by atoms with E-state index in [0.29, 0.717) is 0 Å². The number of hydrogen-bond acceptors (Lipinski definition) is 2. The predicted octanol–water partition coefficient (Wildman–Crippen LogP) is 2.37. The van der Waals surface area contributed by atoms with E-state index in [0.717, 1.165) is 28.3 Å². The van der Waals surface area contributed by atoms with Crippen LogP contribution in [0.4, 0.5) is 0 Å². The van der Waals surface area contributed by atoms with Gasteiger partial charge in [-0.2, -0.15) is 0 Å². The van der Waals surface area contributed by atoms with Gasteiger partial charge in [-0.15, -0.1) is 24.0 Å². The minimum Gasteiger partial charge on any atom is -0.496 e. The molecule has 1 aromatic rings. The van der Waals surface area contributed by atoms with Crippen LogP contribution in [-0.2, 0) is 6.54 Å². The van der Waals surface area contributed by atoms with Crippen LogP contribution in [0.25, 0.3) is 0 Å². The first-order valence-electron chi connectivity index (χ1n) is 4.92. The monoisotopic (exact) mass is 413 g/mol. The highest BCUT2D eigenvalue weighted by Crippen LogP contribution is 2.25. The lowest BCUT2D eigenvalue weighted by Gasteiger charge is -2.10. The number of methoxy groups -OCH3 is 1. The number of rotatable bonds is 3. The predicted molar refractivity (Wildman–Crippen MR) is 85.4 cm³/mol. The van der Waals surface area contributed by atoms with Crippen LogP contribution in [-0.4, -0.2) is 27.2 Å². The topological polar surface area (TPSA) is 45.7 Å². The molecule has 4 nitrogen and oxygen atoms in total. The van der Waals surface area contributed by atoms with Gasteiger partial charge in [0.1, 0.15) is 5.75 Å². The van der Waals surface area contributed by atoms with Gasteiger partial charge in [-0.3, -0.25) is 4.99 Å². The van der Waals surface area contributed by atoms with Crippen LogP contribution in [0.3, 0.4) is 0 Å². The van der Waals surface area contributed by atoms with Crippen molar-refractivity contribution in [2.45, 2.75) is 6.54 Å². The Morgan fingerprint density at radius 2 is 2.18 bits per heavy atom. The molecule has 0 atom stereocenters. The third kappa shape index (κ3) is 5.12. The number of hydrogen-bond donors (Lipinski definition) is 2. The highest BCUT2D eigenvalue weighted by molar-refractivity contribution is 14.0. The lowest BCUT2D eigenvalue weighted by Crippen LogP contribution is -2.34. The van der Waals surface area contributed by atoms with Crippen LogP contribution in [0.1, 0.15) is 5.56 Å². The number of aliphatic imine (C=N–C) groups is 1. The molecule has 1 aromatic carbocycles. The van der Waals surface area contributed by atoms with E-state index >= 15 is 0 Å². The van der Waals surface area contributed by atoms with Crippen LogP contribution in [0, 0.1) is 0 Å². The molecule has 0 aromatic heterocycles. The zero-order valence-corrected chi connectivity index (χ0v) is 14.0. The Kier molecular flexibility index (Phi) is 8.32. The Hall–Kier alpha value is -0.500. The summed E-state index contributed by atoms with van der Waals surface area (Å²) in [6.07, 6.45) is 0. The second kappa shape index (κ2) is 8.57. The number of benzene rings is 1. The van der Waals surface area contributed by atoms with Crippen LogP contribution in [0.2, 0.25) is 0 Å². The van der Waals surface area contributed by atoms with Crippen LogP contribution in [0.15, 0.2) is 27.7 Å². The average Bonchev–Trinajstić information content (AvgIpc) is 2.30. The van der Waals surface area contributed by atoms with E-state index < -0.39 is 0 Å². The molecule has 6 heteroatoms. The minimum absolute atomic E-state index is 0. The molecule has 0 spiro atoms.